The molecule has 0 radical (unpaired) electrons. The second-order valence-corrected chi connectivity index (χ2v) is 5.09. The van der Waals surface area contributed by atoms with Crippen molar-refractivity contribution in [1.82, 2.24) is 0 Å². The second kappa shape index (κ2) is 4.94. The van der Waals surface area contributed by atoms with Gasteiger partial charge in [0.1, 0.15) is 23.1 Å². The fourth-order valence-electron chi connectivity index (χ4n) is 2.14. The van der Waals surface area contributed by atoms with E-state index in [-0.39, 0.29) is 11.1 Å². The zero-order valence-corrected chi connectivity index (χ0v) is 11.5. The molecule has 0 heterocycles. The van der Waals surface area contributed by atoms with Crippen LogP contribution in [0.25, 0.3) is 0 Å². The van der Waals surface area contributed by atoms with E-state index in [0.717, 1.165) is 12.1 Å². The van der Waals surface area contributed by atoms with Gasteiger partial charge in [-0.15, -0.1) is 0 Å². The first-order valence-corrected chi connectivity index (χ1v) is 6.19. The van der Waals surface area contributed by atoms with Gasteiger partial charge in [-0.25, -0.2) is 13.2 Å². The Balaban J connectivity index is 2.66. The average molecular weight is 280 g/mol. The molecule has 0 bridgehead atoms. The molecular weight excluding hydrogens is 265 g/mol. The van der Waals surface area contributed by atoms with Gasteiger partial charge in [0.15, 0.2) is 0 Å². The Bertz CT molecular complexity index is 663. The van der Waals surface area contributed by atoms with Crippen LogP contribution in [0.2, 0.25) is 0 Å². The standard InChI is InChI=1S/C16H15F3O/c1-9-4-6-11(8-13(9)18)16(3,20)14-12(17)7-5-10(2)15(14)19/h4-8,20H,1-3H3. The lowest BCUT2D eigenvalue weighted by Gasteiger charge is -2.26. The molecule has 0 saturated heterocycles. The molecular formula is C16H15F3O. The number of hydrogen-bond donors (Lipinski definition) is 1. The van der Waals surface area contributed by atoms with Crippen molar-refractivity contribution in [3.05, 3.63) is 70.0 Å². The number of benzene rings is 2. The van der Waals surface area contributed by atoms with Gasteiger partial charge >= 0.3 is 0 Å². The van der Waals surface area contributed by atoms with E-state index < -0.39 is 28.6 Å². The summed E-state index contributed by atoms with van der Waals surface area (Å²) in [5.41, 5.74) is -1.71. The van der Waals surface area contributed by atoms with E-state index in [0.29, 0.717) is 5.56 Å². The number of aryl methyl sites for hydroxylation is 2. The van der Waals surface area contributed by atoms with Gasteiger partial charge in [0.05, 0.1) is 5.56 Å². The molecule has 1 atom stereocenters. The molecule has 0 spiro atoms. The maximum atomic E-state index is 14.1. The summed E-state index contributed by atoms with van der Waals surface area (Å²) in [6.45, 7) is 4.30. The molecule has 0 fully saturated rings. The zero-order chi connectivity index (χ0) is 15.1. The van der Waals surface area contributed by atoms with Crippen LogP contribution in [0.5, 0.6) is 0 Å². The molecule has 4 heteroatoms. The first-order chi connectivity index (χ1) is 9.25. The van der Waals surface area contributed by atoms with Crippen molar-refractivity contribution in [3.8, 4) is 0 Å². The predicted octanol–water partition coefficient (Wildman–Crippen LogP) is 3.98. The largest absolute Gasteiger partial charge is 0.380 e. The zero-order valence-electron chi connectivity index (χ0n) is 11.5. The Labute approximate surface area is 115 Å². The third-order valence-electron chi connectivity index (χ3n) is 3.50. The highest BCUT2D eigenvalue weighted by Crippen LogP contribution is 2.34. The van der Waals surface area contributed by atoms with Gasteiger partial charge in [-0.3, -0.25) is 0 Å². The molecule has 20 heavy (non-hydrogen) atoms. The van der Waals surface area contributed by atoms with Crippen LogP contribution in [-0.4, -0.2) is 5.11 Å². The molecule has 0 aliphatic carbocycles. The molecule has 1 unspecified atom stereocenters. The van der Waals surface area contributed by atoms with Crippen LogP contribution in [0.4, 0.5) is 13.2 Å². The Hall–Kier alpha value is -1.81. The van der Waals surface area contributed by atoms with E-state index in [1.54, 1.807) is 6.92 Å². The fourth-order valence-corrected chi connectivity index (χ4v) is 2.14. The number of aliphatic hydroxyl groups is 1. The Kier molecular flexibility index (Phi) is 3.61. The first kappa shape index (κ1) is 14.6. The molecule has 2 aromatic carbocycles. The van der Waals surface area contributed by atoms with E-state index in [1.165, 1.54) is 32.0 Å². The monoisotopic (exact) mass is 280 g/mol. The molecule has 2 rings (SSSR count). The number of halogens is 3. The van der Waals surface area contributed by atoms with Gasteiger partial charge in [-0.05, 0) is 49.6 Å². The molecule has 0 saturated carbocycles. The van der Waals surface area contributed by atoms with Crippen LogP contribution in [0.3, 0.4) is 0 Å². The lowest BCUT2D eigenvalue weighted by Crippen LogP contribution is -2.26. The van der Waals surface area contributed by atoms with E-state index >= 15 is 0 Å². The molecule has 106 valence electrons. The predicted molar refractivity (Wildman–Crippen MR) is 70.9 cm³/mol. The van der Waals surface area contributed by atoms with Gasteiger partial charge in [0, 0.05) is 0 Å². The van der Waals surface area contributed by atoms with E-state index in [9.17, 15) is 18.3 Å². The summed E-state index contributed by atoms with van der Waals surface area (Å²) >= 11 is 0. The maximum Gasteiger partial charge on any atom is 0.135 e. The minimum atomic E-state index is -1.95. The fraction of sp³-hybridized carbons (Fsp3) is 0.250. The van der Waals surface area contributed by atoms with Crippen molar-refractivity contribution in [2.45, 2.75) is 26.4 Å². The molecule has 0 aliphatic heterocycles. The van der Waals surface area contributed by atoms with Crippen LogP contribution in [0, 0.1) is 31.3 Å². The van der Waals surface area contributed by atoms with Crippen LogP contribution in [-0.2, 0) is 5.60 Å². The molecule has 2 aromatic rings. The first-order valence-electron chi connectivity index (χ1n) is 6.19. The van der Waals surface area contributed by atoms with Crippen molar-refractivity contribution >= 4 is 0 Å². The van der Waals surface area contributed by atoms with Crippen molar-refractivity contribution in [2.75, 3.05) is 0 Å². The summed E-state index contributed by atoms with van der Waals surface area (Å²) in [7, 11) is 0. The second-order valence-electron chi connectivity index (χ2n) is 5.09. The minimum absolute atomic E-state index is 0.101. The highest BCUT2D eigenvalue weighted by atomic mass is 19.1. The molecule has 1 nitrogen and oxygen atoms in total. The summed E-state index contributed by atoms with van der Waals surface area (Å²) in [5, 5.41) is 10.5. The van der Waals surface area contributed by atoms with Gasteiger partial charge in [-0.2, -0.15) is 0 Å². The molecule has 0 amide bonds. The van der Waals surface area contributed by atoms with Gasteiger partial charge in [-0.1, -0.05) is 18.2 Å². The van der Waals surface area contributed by atoms with Crippen LogP contribution < -0.4 is 0 Å². The summed E-state index contributed by atoms with van der Waals surface area (Å²) in [6, 6.07) is 6.40. The maximum absolute atomic E-state index is 14.1. The van der Waals surface area contributed by atoms with E-state index in [2.05, 4.69) is 0 Å². The Morgan fingerprint density at radius 1 is 0.900 bits per heavy atom. The van der Waals surface area contributed by atoms with Crippen LogP contribution in [0.15, 0.2) is 30.3 Å². The smallest absolute Gasteiger partial charge is 0.135 e. The van der Waals surface area contributed by atoms with Crippen molar-refractivity contribution in [2.24, 2.45) is 0 Å². The SMILES string of the molecule is Cc1ccc(C(C)(O)c2c(F)ccc(C)c2F)cc1F. The quantitative estimate of drug-likeness (QED) is 0.882. The Morgan fingerprint density at radius 2 is 1.50 bits per heavy atom. The summed E-state index contributed by atoms with van der Waals surface area (Å²) in [5.74, 6) is -2.22. The summed E-state index contributed by atoms with van der Waals surface area (Å²) < 4.78 is 41.6. The summed E-state index contributed by atoms with van der Waals surface area (Å²) in [6.07, 6.45) is 0. The van der Waals surface area contributed by atoms with Crippen molar-refractivity contribution in [1.29, 1.82) is 0 Å². The van der Waals surface area contributed by atoms with Crippen molar-refractivity contribution < 1.29 is 18.3 Å². The van der Waals surface area contributed by atoms with E-state index in [4.69, 9.17) is 0 Å². The van der Waals surface area contributed by atoms with Crippen molar-refractivity contribution in [3.63, 3.8) is 0 Å². The van der Waals surface area contributed by atoms with Gasteiger partial charge in [0.25, 0.3) is 0 Å². The third-order valence-corrected chi connectivity index (χ3v) is 3.50. The van der Waals surface area contributed by atoms with Gasteiger partial charge in [0.2, 0.25) is 0 Å². The van der Waals surface area contributed by atoms with E-state index in [1.807, 2.05) is 0 Å². The third kappa shape index (κ3) is 2.31. The molecule has 0 aromatic heterocycles. The highest BCUT2D eigenvalue weighted by Gasteiger charge is 2.33. The normalized spacial score (nSPS) is 14.2. The van der Waals surface area contributed by atoms with Crippen LogP contribution in [0.1, 0.15) is 29.2 Å². The summed E-state index contributed by atoms with van der Waals surface area (Å²) in [4.78, 5) is 0. The van der Waals surface area contributed by atoms with Crippen LogP contribution >= 0.6 is 0 Å². The number of hydrogen-bond acceptors (Lipinski definition) is 1. The minimum Gasteiger partial charge on any atom is -0.380 e. The highest BCUT2D eigenvalue weighted by molar-refractivity contribution is 5.40. The molecule has 1 N–H and O–H groups in total. The van der Waals surface area contributed by atoms with Gasteiger partial charge < -0.3 is 5.11 Å². The molecule has 0 aliphatic rings. The lowest BCUT2D eigenvalue weighted by molar-refractivity contribution is 0.0928. The Morgan fingerprint density at radius 3 is 2.10 bits per heavy atom. The average Bonchev–Trinajstić information content (AvgIpc) is 2.37. The number of rotatable bonds is 2. The lowest BCUT2D eigenvalue weighted by atomic mass is 9.86. The topological polar surface area (TPSA) is 20.2 Å².